The molecule has 1 aliphatic heterocycles. The van der Waals surface area contributed by atoms with Crippen LogP contribution in [0.3, 0.4) is 0 Å². The summed E-state index contributed by atoms with van der Waals surface area (Å²) in [6.45, 7) is 2.39. The Morgan fingerprint density at radius 2 is 2.16 bits per heavy atom. The number of hydrogen-bond acceptors (Lipinski definition) is 5. The Balaban J connectivity index is 1.98. The van der Waals surface area contributed by atoms with Crippen LogP contribution < -0.4 is 16.2 Å². The monoisotopic (exact) mass is 285 g/mol. The molecule has 1 atom stereocenters. The molecule has 1 aliphatic rings. The number of nitrogen functional groups attached to an aromatic ring is 1. The fraction of sp³-hybridized carbons (Fsp3) is 0.500. The molecule has 0 saturated carbocycles. The van der Waals surface area contributed by atoms with E-state index in [4.69, 9.17) is 15.6 Å². The Morgan fingerprint density at radius 3 is 2.79 bits per heavy atom. The molecule has 0 spiro atoms. The Kier molecular flexibility index (Phi) is 4.28. The van der Waals surface area contributed by atoms with Crippen LogP contribution in [-0.4, -0.2) is 28.2 Å². The minimum atomic E-state index is -3.73. The highest BCUT2D eigenvalue weighted by Crippen LogP contribution is 2.21. The minimum absolute atomic E-state index is 0.0270. The van der Waals surface area contributed by atoms with Crippen LogP contribution in [0.2, 0.25) is 0 Å². The molecule has 1 aromatic rings. The van der Waals surface area contributed by atoms with Crippen LogP contribution in [0.25, 0.3) is 0 Å². The fourth-order valence-electron chi connectivity index (χ4n) is 2.12. The van der Waals surface area contributed by atoms with Gasteiger partial charge >= 0.3 is 0 Å². The summed E-state index contributed by atoms with van der Waals surface area (Å²) >= 11 is 0. The van der Waals surface area contributed by atoms with Crippen molar-refractivity contribution in [3.63, 3.8) is 0 Å². The standard InChI is InChI=1S/C12H19N3O3S/c13-10-5-11(7-12(6-10)19(14,16)17)15-3-1-9-2-4-18-8-9/h5-7,9,15H,1-4,8,13H2,(H2,14,16,17). The maximum atomic E-state index is 11.3. The van der Waals surface area contributed by atoms with Crippen LogP contribution in [0.5, 0.6) is 0 Å². The van der Waals surface area contributed by atoms with Gasteiger partial charge in [0.25, 0.3) is 0 Å². The molecular weight excluding hydrogens is 266 g/mol. The molecule has 6 nitrogen and oxygen atoms in total. The first-order valence-corrected chi connectivity index (χ1v) is 7.75. The zero-order chi connectivity index (χ0) is 13.9. The first kappa shape index (κ1) is 14.1. The second-order valence-electron chi connectivity index (χ2n) is 4.78. The predicted octanol–water partition coefficient (Wildman–Crippen LogP) is 0.755. The van der Waals surface area contributed by atoms with E-state index in [1.807, 2.05) is 0 Å². The number of nitrogens with two attached hydrogens (primary N) is 2. The Labute approximate surface area is 113 Å². The lowest BCUT2D eigenvalue weighted by Crippen LogP contribution is -2.14. The van der Waals surface area contributed by atoms with E-state index in [0.29, 0.717) is 17.3 Å². The van der Waals surface area contributed by atoms with Crippen molar-refractivity contribution in [2.75, 3.05) is 30.8 Å². The van der Waals surface area contributed by atoms with Crippen molar-refractivity contribution in [3.05, 3.63) is 18.2 Å². The highest BCUT2D eigenvalue weighted by Gasteiger charge is 2.15. The number of nitrogens with one attached hydrogen (secondary N) is 1. The maximum Gasteiger partial charge on any atom is 0.238 e. The quantitative estimate of drug-likeness (QED) is 0.692. The van der Waals surface area contributed by atoms with Gasteiger partial charge in [0.2, 0.25) is 10.0 Å². The Bertz CT molecular complexity index is 539. The molecule has 0 radical (unpaired) electrons. The number of anilines is 2. The average Bonchev–Trinajstić information content (AvgIpc) is 2.80. The second-order valence-corrected chi connectivity index (χ2v) is 6.34. The van der Waals surface area contributed by atoms with Crippen LogP contribution >= 0.6 is 0 Å². The van der Waals surface area contributed by atoms with E-state index in [1.54, 1.807) is 6.07 Å². The summed E-state index contributed by atoms with van der Waals surface area (Å²) in [7, 11) is -3.73. The number of benzene rings is 1. The van der Waals surface area contributed by atoms with Gasteiger partial charge in [-0.2, -0.15) is 0 Å². The summed E-state index contributed by atoms with van der Waals surface area (Å²) in [4.78, 5) is 0.0270. The van der Waals surface area contributed by atoms with Crippen LogP contribution in [0.1, 0.15) is 12.8 Å². The molecule has 0 bridgehead atoms. The van der Waals surface area contributed by atoms with Crippen molar-refractivity contribution in [1.29, 1.82) is 0 Å². The number of hydrogen-bond donors (Lipinski definition) is 3. The van der Waals surface area contributed by atoms with Gasteiger partial charge in [0.05, 0.1) is 4.90 Å². The van der Waals surface area contributed by atoms with Gasteiger partial charge in [0, 0.05) is 31.1 Å². The molecule has 7 heteroatoms. The van der Waals surface area contributed by atoms with Crippen LogP contribution in [-0.2, 0) is 14.8 Å². The first-order valence-electron chi connectivity index (χ1n) is 6.20. The van der Waals surface area contributed by atoms with Gasteiger partial charge in [-0.3, -0.25) is 0 Å². The second kappa shape index (κ2) is 5.77. The van der Waals surface area contributed by atoms with Crippen LogP contribution in [0.4, 0.5) is 11.4 Å². The molecule has 1 saturated heterocycles. The maximum absolute atomic E-state index is 11.3. The van der Waals surface area contributed by atoms with E-state index in [2.05, 4.69) is 5.32 Å². The van der Waals surface area contributed by atoms with Gasteiger partial charge in [-0.05, 0) is 37.0 Å². The molecule has 106 valence electrons. The highest BCUT2D eigenvalue weighted by atomic mass is 32.2. The highest BCUT2D eigenvalue weighted by molar-refractivity contribution is 7.89. The Hall–Kier alpha value is -1.31. The minimum Gasteiger partial charge on any atom is -0.399 e. The van der Waals surface area contributed by atoms with E-state index < -0.39 is 10.0 Å². The third kappa shape index (κ3) is 4.09. The third-order valence-corrected chi connectivity index (χ3v) is 4.06. The number of primary sulfonamides is 1. The van der Waals surface area contributed by atoms with Gasteiger partial charge in [-0.15, -0.1) is 0 Å². The van der Waals surface area contributed by atoms with E-state index in [1.165, 1.54) is 12.1 Å². The van der Waals surface area contributed by atoms with Gasteiger partial charge in [0.1, 0.15) is 0 Å². The van der Waals surface area contributed by atoms with Gasteiger partial charge < -0.3 is 15.8 Å². The van der Waals surface area contributed by atoms with E-state index >= 15 is 0 Å². The summed E-state index contributed by atoms with van der Waals surface area (Å²) in [5.74, 6) is 0.575. The zero-order valence-corrected chi connectivity index (χ0v) is 11.4. The average molecular weight is 285 g/mol. The topological polar surface area (TPSA) is 107 Å². The lowest BCUT2D eigenvalue weighted by atomic mass is 10.1. The third-order valence-electron chi connectivity index (χ3n) is 3.16. The molecule has 5 N–H and O–H groups in total. The summed E-state index contributed by atoms with van der Waals surface area (Å²) in [5.41, 5.74) is 6.71. The van der Waals surface area contributed by atoms with E-state index in [9.17, 15) is 8.42 Å². The molecule has 1 heterocycles. The van der Waals surface area contributed by atoms with Gasteiger partial charge in [-0.1, -0.05) is 0 Å². The molecule has 0 aliphatic carbocycles. The van der Waals surface area contributed by atoms with Crippen LogP contribution in [0.15, 0.2) is 23.1 Å². The van der Waals surface area contributed by atoms with E-state index in [0.717, 1.165) is 32.6 Å². The molecular formula is C12H19N3O3S. The van der Waals surface area contributed by atoms with Gasteiger partial charge in [-0.25, -0.2) is 13.6 Å². The van der Waals surface area contributed by atoms with Gasteiger partial charge in [0.15, 0.2) is 0 Å². The Morgan fingerprint density at radius 1 is 1.37 bits per heavy atom. The normalized spacial score (nSPS) is 19.5. The summed E-state index contributed by atoms with van der Waals surface area (Å²) < 4.78 is 27.9. The largest absolute Gasteiger partial charge is 0.399 e. The smallest absolute Gasteiger partial charge is 0.238 e. The van der Waals surface area contributed by atoms with E-state index in [-0.39, 0.29) is 4.90 Å². The number of rotatable bonds is 5. The molecule has 1 aromatic carbocycles. The SMILES string of the molecule is Nc1cc(NCCC2CCOC2)cc(S(N)(=O)=O)c1. The van der Waals surface area contributed by atoms with Crippen molar-refractivity contribution < 1.29 is 13.2 Å². The fourth-order valence-corrected chi connectivity index (χ4v) is 2.71. The zero-order valence-electron chi connectivity index (χ0n) is 10.6. The molecule has 0 aromatic heterocycles. The summed E-state index contributed by atoms with van der Waals surface area (Å²) in [6, 6.07) is 4.54. The lowest BCUT2D eigenvalue weighted by molar-refractivity contribution is 0.185. The number of sulfonamides is 1. The van der Waals surface area contributed by atoms with Crippen molar-refractivity contribution in [1.82, 2.24) is 0 Å². The van der Waals surface area contributed by atoms with Crippen LogP contribution in [0, 0.1) is 5.92 Å². The lowest BCUT2D eigenvalue weighted by Gasteiger charge is -2.11. The van der Waals surface area contributed by atoms with Crippen molar-refractivity contribution in [2.24, 2.45) is 11.1 Å². The predicted molar refractivity (Wildman–Crippen MR) is 74.3 cm³/mol. The summed E-state index contributed by atoms with van der Waals surface area (Å²) in [5, 5.41) is 8.26. The number of ether oxygens (including phenoxy) is 1. The van der Waals surface area contributed by atoms with Crippen molar-refractivity contribution in [3.8, 4) is 0 Å². The molecule has 19 heavy (non-hydrogen) atoms. The molecule has 1 unspecified atom stereocenters. The van der Waals surface area contributed by atoms with Crippen molar-refractivity contribution in [2.45, 2.75) is 17.7 Å². The van der Waals surface area contributed by atoms with Crippen molar-refractivity contribution >= 4 is 21.4 Å². The molecule has 1 fully saturated rings. The summed E-state index contributed by atoms with van der Waals surface area (Å²) in [6.07, 6.45) is 2.07. The molecule has 0 amide bonds. The first-order chi connectivity index (χ1) is 8.95. The molecule has 2 rings (SSSR count).